The van der Waals surface area contributed by atoms with Crippen LogP contribution in [0.2, 0.25) is 0 Å². The Balaban J connectivity index is 4.35. The second kappa shape index (κ2) is 40.1. The van der Waals surface area contributed by atoms with Gasteiger partial charge in [0.15, 0.2) is 6.10 Å². The quantitative estimate of drug-likeness (QED) is 0.0352. The normalized spacial score (nSPS) is 12.6. The van der Waals surface area contributed by atoms with E-state index in [0.717, 1.165) is 69.6 Å². The molecule has 0 aromatic rings. The van der Waals surface area contributed by atoms with E-state index in [-0.39, 0.29) is 31.1 Å². The molecule has 0 fully saturated rings. The van der Waals surface area contributed by atoms with E-state index in [1.807, 2.05) is 0 Å². The lowest BCUT2D eigenvalue weighted by molar-refractivity contribution is -0.167. The Labute approximate surface area is 329 Å². The van der Waals surface area contributed by atoms with Crippen molar-refractivity contribution in [2.75, 3.05) is 13.2 Å². The molecule has 0 saturated heterocycles. The van der Waals surface area contributed by atoms with E-state index in [1.54, 1.807) is 0 Å². The molecular weight excluding hydrogens is 661 g/mol. The molecule has 0 amide bonds. The Bertz CT molecular complexity index is 811. The first-order chi connectivity index (χ1) is 25.8. The molecule has 0 aromatic heterocycles. The number of hydrogen-bond donors (Lipinski definition) is 0. The van der Waals surface area contributed by atoms with Gasteiger partial charge in [0.2, 0.25) is 0 Å². The topological polar surface area (TPSA) is 78.9 Å². The van der Waals surface area contributed by atoms with Gasteiger partial charge in [0.1, 0.15) is 13.2 Å². The van der Waals surface area contributed by atoms with Crippen LogP contribution in [0.1, 0.15) is 253 Å². The number of unbranched alkanes of at least 4 members (excludes halogenated alkanes) is 25. The van der Waals surface area contributed by atoms with Gasteiger partial charge in [-0.1, -0.05) is 214 Å². The van der Waals surface area contributed by atoms with Gasteiger partial charge in [0, 0.05) is 19.3 Å². The summed E-state index contributed by atoms with van der Waals surface area (Å²) in [6.45, 7) is 11.3. The summed E-state index contributed by atoms with van der Waals surface area (Å²) >= 11 is 0. The van der Waals surface area contributed by atoms with Gasteiger partial charge < -0.3 is 14.2 Å². The highest BCUT2D eigenvalue weighted by Gasteiger charge is 2.19. The van der Waals surface area contributed by atoms with Crippen molar-refractivity contribution in [3.8, 4) is 0 Å². The second-order valence-electron chi connectivity index (χ2n) is 16.8. The molecule has 0 saturated carbocycles. The molecular formula is C47H90O6. The van der Waals surface area contributed by atoms with Gasteiger partial charge in [0.05, 0.1) is 0 Å². The van der Waals surface area contributed by atoms with Crippen LogP contribution in [0.5, 0.6) is 0 Å². The van der Waals surface area contributed by atoms with Gasteiger partial charge in [-0.3, -0.25) is 14.4 Å². The Hall–Kier alpha value is -1.59. The number of ether oxygens (including phenoxy) is 3. The van der Waals surface area contributed by atoms with E-state index in [4.69, 9.17) is 14.2 Å². The molecule has 0 aliphatic carbocycles. The molecule has 314 valence electrons. The zero-order chi connectivity index (χ0) is 39.0. The van der Waals surface area contributed by atoms with Gasteiger partial charge in [-0.15, -0.1) is 0 Å². The molecule has 0 rings (SSSR count). The van der Waals surface area contributed by atoms with Crippen LogP contribution in [0.4, 0.5) is 0 Å². The standard InChI is InChI=1S/C47H90O6/c1-6-8-9-10-11-12-13-16-24-29-34-39-47(50)53-44(40-51-45(48)37-32-27-22-17-14-15-20-25-30-35-42(3)4)41-52-46(49)38-33-28-23-19-18-21-26-31-36-43(5)7-2/h42-44H,6-41H2,1-5H3/t43?,44-/m0/s1. The highest BCUT2D eigenvalue weighted by atomic mass is 16.6. The fourth-order valence-electron chi connectivity index (χ4n) is 6.90. The van der Waals surface area contributed by atoms with Crippen LogP contribution in [0.15, 0.2) is 0 Å². The average Bonchev–Trinajstić information content (AvgIpc) is 3.14. The fraction of sp³-hybridized carbons (Fsp3) is 0.936. The number of rotatable bonds is 41. The summed E-state index contributed by atoms with van der Waals surface area (Å²) in [4.78, 5) is 37.7. The van der Waals surface area contributed by atoms with Crippen molar-refractivity contribution in [1.82, 2.24) is 0 Å². The summed E-state index contributed by atoms with van der Waals surface area (Å²) in [5, 5.41) is 0. The molecule has 0 aliphatic heterocycles. The summed E-state index contributed by atoms with van der Waals surface area (Å²) in [6.07, 6.45) is 37.9. The van der Waals surface area contributed by atoms with Crippen molar-refractivity contribution in [1.29, 1.82) is 0 Å². The molecule has 0 aliphatic rings. The Morgan fingerprint density at radius 3 is 1.08 bits per heavy atom. The van der Waals surface area contributed by atoms with Crippen LogP contribution in [-0.2, 0) is 28.6 Å². The minimum atomic E-state index is -0.760. The minimum Gasteiger partial charge on any atom is -0.462 e. The van der Waals surface area contributed by atoms with Crippen molar-refractivity contribution in [2.45, 2.75) is 259 Å². The average molecular weight is 751 g/mol. The van der Waals surface area contributed by atoms with Gasteiger partial charge >= 0.3 is 17.9 Å². The molecule has 2 atom stereocenters. The maximum Gasteiger partial charge on any atom is 0.306 e. The Kier molecular flexibility index (Phi) is 38.9. The van der Waals surface area contributed by atoms with Crippen molar-refractivity contribution in [3.63, 3.8) is 0 Å². The predicted octanol–water partition coefficient (Wildman–Crippen LogP) is 14.6. The van der Waals surface area contributed by atoms with Crippen molar-refractivity contribution < 1.29 is 28.6 Å². The number of esters is 3. The summed E-state index contributed by atoms with van der Waals surface area (Å²) in [5.74, 6) is 0.798. The number of carbonyl (C=O) groups excluding carboxylic acids is 3. The molecule has 0 radical (unpaired) electrons. The third kappa shape index (κ3) is 39.9. The number of carbonyl (C=O) groups is 3. The molecule has 6 heteroatoms. The molecule has 1 unspecified atom stereocenters. The molecule has 0 spiro atoms. The van der Waals surface area contributed by atoms with Gasteiger partial charge in [-0.2, -0.15) is 0 Å². The largest absolute Gasteiger partial charge is 0.462 e. The zero-order valence-electron chi connectivity index (χ0n) is 36.1. The minimum absolute atomic E-state index is 0.0652. The molecule has 0 bridgehead atoms. The van der Waals surface area contributed by atoms with Crippen molar-refractivity contribution in [2.24, 2.45) is 11.8 Å². The maximum atomic E-state index is 12.7. The molecule has 53 heavy (non-hydrogen) atoms. The van der Waals surface area contributed by atoms with Crippen LogP contribution in [-0.4, -0.2) is 37.2 Å². The number of hydrogen-bond acceptors (Lipinski definition) is 6. The lowest BCUT2D eigenvalue weighted by atomic mass is 9.99. The summed E-state index contributed by atoms with van der Waals surface area (Å²) in [5.41, 5.74) is 0. The van der Waals surface area contributed by atoms with Crippen LogP contribution in [0.25, 0.3) is 0 Å². The van der Waals surface area contributed by atoms with E-state index in [2.05, 4.69) is 34.6 Å². The Morgan fingerprint density at radius 1 is 0.396 bits per heavy atom. The van der Waals surface area contributed by atoms with Gasteiger partial charge in [-0.05, 0) is 31.1 Å². The van der Waals surface area contributed by atoms with Gasteiger partial charge in [0.25, 0.3) is 0 Å². The lowest BCUT2D eigenvalue weighted by Crippen LogP contribution is -2.30. The first kappa shape index (κ1) is 51.4. The molecule has 0 aromatic carbocycles. The highest BCUT2D eigenvalue weighted by molar-refractivity contribution is 5.71. The monoisotopic (exact) mass is 751 g/mol. The second-order valence-corrected chi connectivity index (χ2v) is 16.8. The molecule has 0 N–H and O–H groups in total. The van der Waals surface area contributed by atoms with Crippen LogP contribution in [0.3, 0.4) is 0 Å². The van der Waals surface area contributed by atoms with E-state index < -0.39 is 6.10 Å². The lowest BCUT2D eigenvalue weighted by Gasteiger charge is -2.18. The van der Waals surface area contributed by atoms with E-state index >= 15 is 0 Å². The van der Waals surface area contributed by atoms with Crippen LogP contribution >= 0.6 is 0 Å². The van der Waals surface area contributed by atoms with Crippen molar-refractivity contribution in [3.05, 3.63) is 0 Å². The smallest absolute Gasteiger partial charge is 0.306 e. The Morgan fingerprint density at radius 2 is 0.717 bits per heavy atom. The van der Waals surface area contributed by atoms with Crippen LogP contribution in [0, 0.1) is 11.8 Å². The molecule has 6 nitrogen and oxygen atoms in total. The van der Waals surface area contributed by atoms with Crippen molar-refractivity contribution >= 4 is 17.9 Å². The van der Waals surface area contributed by atoms with E-state index in [0.29, 0.717) is 19.3 Å². The maximum absolute atomic E-state index is 12.7. The highest BCUT2D eigenvalue weighted by Crippen LogP contribution is 2.17. The third-order valence-electron chi connectivity index (χ3n) is 10.8. The summed E-state index contributed by atoms with van der Waals surface area (Å²) in [7, 11) is 0. The van der Waals surface area contributed by atoms with Gasteiger partial charge in [-0.25, -0.2) is 0 Å². The summed E-state index contributed by atoms with van der Waals surface area (Å²) < 4.78 is 16.7. The first-order valence-electron chi connectivity index (χ1n) is 23.3. The van der Waals surface area contributed by atoms with Crippen LogP contribution < -0.4 is 0 Å². The van der Waals surface area contributed by atoms with E-state index in [1.165, 1.54) is 141 Å². The fourth-order valence-corrected chi connectivity index (χ4v) is 6.90. The SMILES string of the molecule is CCCCCCCCCCCCCC(=O)O[C@@H](COC(=O)CCCCCCCCCCCC(C)C)COC(=O)CCCCCCCCCCC(C)CC. The third-order valence-corrected chi connectivity index (χ3v) is 10.8. The zero-order valence-corrected chi connectivity index (χ0v) is 36.1. The summed E-state index contributed by atoms with van der Waals surface area (Å²) in [6, 6.07) is 0. The first-order valence-corrected chi connectivity index (χ1v) is 23.3. The molecule has 0 heterocycles. The van der Waals surface area contributed by atoms with E-state index in [9.17, 15) is 14.4 Å². The predicted molar refractivity (Wildman–Crippen MR) is 224 cm³/mol.